The number of aromatic nitrogens is 5. The average molecular weight is 495 g/mol. The molecule has 0 bridgehead atoms. The van der Waals surface area contributed by atoms with Gasteiger partial charge in [0.1, 0.15) is 5.69 Å². The molecule has 9 nitrogen and oxygen atoms in total. The molecular weight excluding hydrogens is 468 g/mol. The normalized spacial score (nSPS) is 11.7. The fraction of sp³-hybridized carbons (Fsp3) is 0.179. The Morgan fingerprint density at radius 3 is 2.51 bits per heavy atom. The number of nitrogens with zero attached hydrogens (tertiary/aromatic N) is 5. The van der Waals surface area contributed by atoms with Crippen molar-refractivity contribution in [1.82, 2.24) is 24.5 Å². The van der Waals surface area contributed by atoms with Crippen molar-refractivity contribution >= 4 is 16.7 Å². The molecule has 2 aromatic carbocycles. The number of benzene rings is 2. The molecule has 0 unspecified atom stereocenters. The van der Waals surface area contributed by atoms with Crippen LogP contribution in [0.15, 0.2) is 78.0 Å². The number of pyridine rings is 1. The van der Waals surface area contributed by atoms with Crippen LogP contribution >= 0.6 is 0 Å². The Bertz CT molecular complexity index is 1700. The van der Waals surface area contributed by atoms with Crippen molar-refractivity contribution in [3.05, 3.63) is 100 Å². The maximum atomic E-state index is 13.5. The lowest BCUT2D eigenvalue weighted by Gasteiger charge is -2.19. The van der Waals surface area contributed by atoms with Crippen LogP contribution in [0.5, 0.6) is 0 Å². The minimum Gasteiger partial charge on any atom is -0.392 e. The molecule has 1 amide bonds. The van der Waals surface area contributed by atoms with Gasteiger partial charge in [-0.2, -0.15) is 14.9 Å². The Balaban J connectivity index is 1.67. The maximum Gasteiger partial charge on any atom is 0.279 e. The minimum atomic E-state index is -0.657. The molecule has 0 atom stereocenters. The van der Waals surface area contributed by atoms with Gasteiger partial charge in [-0.05, 0) is 47.4 Å². The van der Waals surface area contributed by atoms with E-state index in [1.807, 2.05) is 18.2 Å². The first kappa shape index (κ1) is 24.1. The number of primary amides is 1. The van der Waals surface area contributed by atoms with E-state index in [4.69, 9.17) is 5.73 Å². The van der Waals surface area contributed by atoms with Gasteiger partial charge in [0.05, 0.1) is 40.8 Å². The Morgan fingerprint density at radius 2 is 1.84 bits per heavy atom. The van der Waals surface area contributed by atoms with E-state index < -0.39 is 12.5 Å². The molecule has 0 aliphatic rings. The summed E-state index contributed by atoms with van der Waals surface area (Å²) < 4.78 is 2.73. The van der Waals surface area contributed by atoms with E-state index in [9.17, 15) is 14.7 Å². The number of rotatable bonds is 5. The van der Waals surface area contributed by atoms with Gasteiger partial charge in [-0.1, -0.05) is 39.0 Å². The highest BCUT2D eigenvalue weighted by molar-refractivity contribution is 5.98. The van der Waals surface area contributed by atoms with Crippen LogP contribution in [0.4, 0.5) is 0 Å². The highest BCUT2D eigenvalue weighted by Gasteiger charge is 2.21. The monoisotopic (exact) mass is 494 g/mol. The van der Waals surface area contributed by atoms with Crippen LogP contribution in [-0.2, 0) is 12.0 Å². The second kappa shape index (κ2) is 9.11. The van der Waals surface area contributed by atoms with Crippen molar-refractivity contribution in [1.29, 1.82) is 0 Å². The van der Waals surface area contributed by atoms with Crippen LogP contribution in [0, 0.1) is 0 Å². The highest BCUT2D eigenvalue weighted by Crippen LogP contribution is 2.27. The third-order valence-corrected chi connectivity index (χ3v) is 6.30. The van der Waals surface area contributed by atoms with Gasteiger partial charge in [0.25, 0.3) is 11.5 Å². The van der Waals surface area contributed by atoms with Crippen LogP contribution in [0.25, 0.3) is 33.5 Å². The molecule has 0 saturated heterocycles. The van der Waals surface area contributed by atoms with E-state index in [-0.39, 0.29) is 16.5 Å². The molecule has 3 N–H and O–H groups in total. The van der Waals surface area contributed by atoms with E-state index in [0.717, 1.165) is 10.9 Å². The van der Waals surface area contributed by atoms with Gasteiger partial charge in [0.15, 0.2) is 0 Å². The zero-order valence-corrected chi connectivity index (χ0v) is 20.7. The van der Waals surface area contributed by atoms with Gasteiger partial charge in [-0.25, -0.2) is 4.68 Å². The summed E-state index contributed by atoms with van der Waals surface area (Å²) in [6.45, 7) is 5.94. The Kier molecular flexibility index (Phi) is 5.93. The quantitative estimate of drug-likeness (QED) is 0.385. The van der Waals surface area contributed by atoms with Crippen LogP contribution in [0.3, 0.4) is 0 Å². The molecule has 5 rings (SSSR count). The van der Waals surface area contributed by atoms with Crippen molar-refractivity contribution in [3.63, 3.8) is 0 Å². The number of hydrogen-bond donors (Lipinski definition) is 2. The van der Waals surface area contributed by atoms with Crippen LogP contribution in [-0.4, -0.2) is 35.6 Å². The van der Waals surface area contributed by atoms with Gasteiger partial charge in [0, 0.05) is 23.3 Å². The second-order valence-electron chi connectivity index (χ2n) is 9.76. The first-order valence-electron chi connectivity index (χ1n) is 11.8. The minimum absolute atomic E-state index is 0.0664. The molecule has 0 spiro atoms. The number of nitrogens with two attached hydrogens (primary N) is 1. The van der Waals surface area contributed by atoms with Gasteiger partial charge in [-0.3, -0.25) is 14.6 Å². The predicted octanol–water partition coefficient (Wildman–Crippen LogP) is 3.52. The number of carbonyl (C=O) groups excluding carboxylic acids is 1. The summed E-state index contributed by atoms with van der Waals surface area (Å²) in [7, 11) is 0. The van der Waals surface area contributed by atoms with Crippen LogP contribution in [0.2, 0.25) is 0 Å². The predicted molar refractivity (Wildman–Crippen MR) is 141 cm³/mol. The number of carbonyl (C=O) groups is 1. The number of aliphatic hydroxyl groups excluding tert-OH is 1. The molecular formula is C28H26N6O3. The number of aliphatic hydroxyl groups is 1. The Morgan fingerprint density at radius 1 is 1.05 bits per heavy atom. The Hall–Kier alpha value is -4.63. The lowest BCUT2D eigenvalue weighted by molar-refractivity contribution is 0.100. The molecule has 37 heavy (non-hydrogen) atoms. The van der Waals surface area contributed by atoms with E-state index in [1.165, 1.54) is 15.6 Å². The first-order chi connectivity index (χ1) is 17.7. The molecule has 5 aromatic rings. The summed E-state index contributed by atoms with van der Waals surface area (Å²) in [6, 6.07) is 16.2. The Labute approximate surface area is 212 Å². The van der Waals surface area contributed by atoms with Gasteiger partial charge < -0.3 is 10.8 Å². The second-order valence-corrected chi connectivity index (χ2v) is 9.76. The van der Waals surface area contributed by atoms with E-state index in [0.29, 0.717) is 33.7 Å². The highest BCUT2D eigenvalue weighted by atomic mass is 16.3. The lowest BCUT2D eigenvalue weighted by atomic mass is 9.86. The van der Waals surface area contributed by atoms with Crippen LogP contribution in [0.1, 0.15) is 42.3 Å². The SMILES string of the molecule is CC(C)(C)c1ccc2c(=O)n(-c3cccc(-n4cc(C(N)=O)c(-c5ccccn5)n4)c3CO)ncc2c1. The van der Waals surface area contributed by atoms with E-state index in [1.54, 1.807) is 48.8 Å². The molecule has 3 heterocycles. The van der Waals surface area contributed by atoms with Crippen LogP contribution < -0.4 is 11.3 Å². The fourth-order valence-electron chi connectivity index (χ4n) is 4.30. The number of fused-ring (bicyclic) bond motifs is 1. The summed E-state index contributed by atoms with van der Waals surface area (Å²) >= 11 is 0. The van der Waals surface area contributed by atoms with Crippen molar-refractivity contribution in [2.75, 3.05) is 0 Å². The van der Waals surface area contributed by atoms with Crippen molar-refractivity contribution in [2.24, 2.45) is 5.73 Å². The summed E-state index contributed by atoms with van der Waals surface area (Å²) in [5, 5.41) is 20.6. The zero-order valence-electron chi connectivity index (χ0n) is 20.7. The summed E-state index contributed by atoms with van der Waals surface area (Å²) in [5.41, 5.74) is 8.62. The standard InChI is InChI=1S/C28H26N6O3/c1-28(2,3)18-10-11-19-17(13-18)14-31-34(27(19)37)24-9-6-8-23(21(24)16-35)33-15-20(26(29)36)25(32-33)22-7-4-5-12-30-22/h4-15,35H,16H2,1-3H3,(H2,29,36). The molecule has 0 fully saturated rings. The molecule has 9 heteroatoms. The zero-order chi connectivity index (χ0) is 26.3. The van der Waals surface area contributed by atoms with Crippen molar-refractivity contribution < 1.29 is 9.90 Å². The molecule has 0 aliphatic heterocycles. The van der Waals surface area contributed by atoms with E-state index in [2.05, 4.69) is 36.0 Å². The summed E-state index contributed by atoms with van der Waals surface area (Å²) in [5.74, 6) is -0.657. The fourth-order valence-corrected chi connectivity index (χ4v) is 4.30. The number of amides is 1. The molecule has 0 radical (unpaired) electrons. The van der Waals surface area contributed by atoms with Gasteiger partial charge in [-0.15, -0.1) is 0 Å². The van der Waals surface area contributed by atoms with Gasteiger partial charge in [0.2, 0.25) is 0 Å². The molecule has 0 aliphatic carbocycles. The molecule has 3 aromatic heterocycles. The lowest BCUT2D eigenvalue weighted by Crippen LogP contribution is -2.23. The summed E-state index contributed by atoms with van der Waals surface area (Å²) in [4.78, 5) is 29.9. The average Bonchev–Trinajstić information content (AvgIpc) is 3.34. The topological polar surface area (TPSA) is 129 Å². The van der Waals surface area contributed by atoms with Gasteiger partial charge >= 0.3 is 0 Å². The first-order valence-corrected chi connectivity index (χ1v) is 11.8. The largest absolute Gasteiger partial charge is 0.392 e. The smallest absolute Gasteiger partial charge is 0.279 e. The third-order valence-electron chi connectivity index (χ3n) is 6.30. The number of hydrogen-bond acceptors (Lipinski definition) is 6. The van der Waals surface area contributed by atoms with E-state index >= 15 is 0 Å². The van der Waals surface area contributed by atoms with Crippen molar-refractivity contribution in [2.45, 2.75) is 32.8 Å². The molecule has 0 saturated carbocycles. The van der Waals surface area contributed by atoms with Crippen molar-refractivity contribution in [3.8, 4) is 22.8 Å². The third kappa shape index (κ3) is 4.30. The summed E-state index contributed by atoms with van der Waals surface area (Å²) in [6.07, 6.45) is 4.74. The maximum absolute atomic E-state index is 13.5. The molecule has 186 valence electrons.